The fourth-order valence-electron chi connectivity index (χ4n) is 2.50. The van der Waals surface area contributed by atoms with Gasteiger partial charge in [0.05, 0.1) is 18.2 Å². The zero-order valence-electron chi connectivity index (χ0n) is 14.9. The number of methoxy groups -OCH3 is 1. The largest absolute Gasteiger partial charge is 0.493 e. The van der Waals surface area contributed by atoms with Crippen LogP contribution < -0.4 is 9.47 Å². The van der Waals surface area contributed by atoms with Gasteiger partial charge < -0.3 is 14.2 Å². The van der Waals surface area contributed by atoms with Crippen molar-refractivity contribution in [2.24, 2.45) is 0 Å². The molecule has 0 bridgehead atoms. The maximum absolute atomic E-state index is 12.1. The maximum Gasteiger partial charge on any atom is 0.361 e. The summed E-state index contributed by atoms with van der Waals surface area (Å²) in [7, 11) is 1.55. The van der Waals surface area contributed by atoms with Crippen LogP contribution in [0.15, 0.2) is 46.9 Å². The molecule has 27 heavy (non-hydrogen) atoms. The number of halogens is 1. The second kappa shape index (κ2) is 8.68. The van der Waals surface area contributed by atoms with Gasteiger partial charge in [0.1, 0.15) is 12.3 Å². The molecule has 1 N–H and O–H groups in total. The van der Waals surface area contributed by atoms with Crippen LogP contribution in [-0.4, -0.2) is 35.1 Å². The first-order chi connectivity index (χ1) is 13.1. The van der Waals surface area contributed by atoms with Gasteiger partial charge in [-0.15, -0.1) is 5.10 Å². The summed E-state index contributed by atoms with van der Waals surface area (Å²) >= 11 is 3.51. The highest BCUT2D eigenvalue weighted by molar-refractivity contribution is 9.10. The Morgan fingerprint density at radius 2 is 1.96 bits per heavy atom. The highest BCUT2D eigenvalue weighted by atomic mass is 79.9. The van der Waals surface area contributed by atoms with Crippen LogP contribution in [0.5, 0.6) is 11.5 Å². The van der Waals surface area contributed by atoms with E-state index in [1.165, 1.54) is 0 Å². The number of hydrogen-bond donors (Lipinski definition) is 1. The molecule has 8 heteroatoms. The molecule has 0 aliphatic heterocycles. The van der Waals surface area contributed by atoms with Crippen molar-refractivity contribution in [1.29, 1.82) is 0 Å². The van der Waals surface area contributed by atoms with E-state index in [0.717, 1.165) is 5.56 Å². The highest BCUT2D eigenvalue weighted by Gasteiger charge is 2.22. The third kappa shape index (κ3) is 4.28. The summed E-state index contributed by atoms with van der Waals surface area (Å²) in [6.07, 6.45) is 0. The molecule has 0 fully saturated rings. The lowest BCUT2D eigenvalue weighted by atomic mass is 10.1. The van der Waals surface area contributed by atoms with Crippen LogP contribution in [0.3, 0.4) is 0 Å². The molecule has 0 amide bonds. The summed E-state index contributed by atoms with van der Waals surface area (Å²) in [6.45, 7) is 2.38. The molecule has 0 aliphatic rings. The van der Waals surface area contributed by atoms with Gasteiger partial charge in [-0.05, 0) is 40.5 Å². The molecule has 0 unspecified atom stereocenters. The van der Waals surface area contributed by atoms with E-state index >= 15 is 0 Å². The van der Waals surface area contributed by atoms with E-state index in [1.54, 1.807) is 26.2 Å². The first-order valence-electron chi connectivity index (χ1n) is 8.26. The number of nitrogens with zero attached hydrogens (tertiary/aromatic N) is 2. The van der Waals surface area contributed by atoms with Crippen molar-refractivity contribution in [2.75, 3.05) is 13.7 Å². The molecular weight excluding hydrogens is 414 g/mol. The SMILES string of the molecule is CCOC(=O)c1n[nH]nc1-c1cc(Br)c(OCc2ccccc2)c(OC)c1. The Balaban J connectivity index is 1.91. The van der Waals surface area contributed by atoms with Gasteiger partial charge in [-0.3, -0.25) is 0 Å². The van der Waals surface area contributed by atoms with Gasteiger partial charge in [0.25, 0.3) is 0 Å². The molecule has 0 aliphatic carbocycles. The van der Waals surface area contributed by atoms with Gasteiger partial charge in [-0.2, -0.15) is 10.3 Å². The second-order valence-corrected chi connectivity index (χ2v) is 6.36. The normalized spacial score (nSPS) is 10.5. The molecule has 0 atom stereocenters. The van der Waals surface area contributed by atoms with E-state index < -0.39 is 5.97 Å². The Morgan fingerprint density at radius 1 is 1.19 bits per heavy atom. The van der Waals surface area contributed by atoms with Crippen molar-refractivity contribution in [2.45, 2.75) is 13.5 Å². The van der Waals surface area contributed by atoms with E-state index in [4.69, 9.17) is 14.2 Å². The van der Waals surface area contributed by atoms with Gasteiger partial charge in [-0.25, -0.2) is 4.79 Å². The van der Waals surface area contributed by atoms with E-state index in [0.29, 0.717) is 33.8 Å². The van der Waals surface area contributed by atoms with Gasteiger partial charge in [0, 0.05) is 5.56 Å². The van der Waals surface area contributed by atoms with Crippen LogP contribution in [0.1, 0.15) is 23.0 Å². The summed E-state index contributed by atoms with van der Waals surface area (Å²) in [5.41, 5.74) is 2.17. The number of aromatic amines is 1. The van der Waals surface area contributed by atoms with Crippen molar-refractivity contribution >= 4 is 21.9 Å². The standard InChI is InChI=1S/C19H18BrN3O4/c1-3-26-19(24)17-16(21-23-22-17)13-9-14(20)18(15(10-13)25-2)27-11-12-7-5-4-6-8-12/h4-10H,3,11H2,1-2H3,(H,21,22,23). The zero-order chi connectivity index (χ0) is 19.2. The Bertz CT molecular complexity index is 928. The summed E-state index contributed by atoms with van der Waals surface area (Å²) in [4.78, 5) is 12.1. The zero-order valence-corrected chi connectivity index (χ0v) is 16.4. The number of ether oxygens (including phenoxy) is 3. The molecule has 0 spiro atoms. The number of carbonyl (C=O) groups excluding carboxylic acids is 1. The molecule has 3 aromatic rings. The summed E-state index contributed by atoms with van der Waals surface area (Å²) in [5, 5.41) is 10.4. The minimum absolute atomic E-state index is 0.115. The number of carbonyl (C=O) groups is 1. The predicted octanol–water partition coefficient (Wildman–Crippen LogP) is 4.00. The third-order valence-electron chi connectivity index (χ3n) is 3.75. The molecule has 0 saturated heterocycles. The quantitative estimate of drug-likeness (QED) is 0.568. The molecule has 140 valence electrons. The van der Waals surface area contributed by atoms with E-state index in [2.05, 4.69) is 31.3 Å². The van der Waals surface area contributed by atoms with Gasteiger partial charge in [0.2, 0.25) is 0 Å². The number of esters is 1. The smallest absolute Gasteiger partial charge is 0.361 e. The number of hydrogen-bond acceptors (Lipinski definition) is 6. The minimum Gasteiger partial charge on any atom is -0.493 e. The summed E-state index contributed by atoms with van der Waals surface area (Å²) in [5.74, 6) is 0.528. The van der Waals surface area contributed by atoms with E-state index in [-0.39, 0.29) is 12.3 Å². The average Bonchev–Trinajstić information content (AvgIpc) is 3.17. The van der Waals surface area contributed by atoms with Crippen LogP contribution in [0.2, 0.25) is 0 Å². The lowest BCUT2D eigenvalue weighted by Crippen LogP contribution is -2.07. The summed E-state index contributed by atoms with van der Waals surface area (Å²) < 4.78 is 17.1. The Morgan fingerprint density at radius 3 is 2.67 bits per heavy atom. The number of nitrogens with one attached hydrogen (secondary N) is 1. The van der Waals surface area contributed by atoms with Crippen LogP contribution >= 0.6 is 15.9 Å². The van der Waals surface area contributed by atoms with Crippen LogP contribution in [-0.2, 0) is 11.3 Å². The van der Waals surface area contributed by atoms with E-state index in [9.17, 15) is 4.79 Å². The third-order valence-corrected chi connectivity index (χ3v) is 4.33. The second-order valence-electron chi connectivity index (χ2n) is 5.51. The van der Waals surface area contributed by atoms with Crippen molar-refractivity contribution in [3.63, 3.8) is 0 Å². The Hall–Kier alpha value is -2.87. The molecule has 3 rings (SSSR count). The molecular formula is C19H18BrN3O4. The van der Waals surface area contributed by atoms with Crippen molar-refractivity contribution < 1.29 is 19.0 Å². The van der Waals surface area contributed by atoms with Gasteiger partial charge in [0.15, 0.2) is 17.2 Å². The van der Waals surface area contributed by atoms with Crippen molar-refractivity contribution in [3.05, 3.63) is 58.2 Å². The van der Waals surface area contributed by atoms with Crippen LogP contribution in [0.4, 0.5) is 0 Å². The molecule has 2 aromatic carbocycles. The van der Waals surface area contributed by atoms with Gasteiger partial charge in [-0.1, -0.05) is 30.3 Å². The average molecular weight is 432 g/mol. The van der Waals surface area contributed by atoms with Crippen LogP contribution in [0, 0.1) is 0 Å². The monoisotopic (exact) mass is 431 g/mol. The maximum atomic E-state index is 12.1. The number of rotatable bonds is 7. The van der Waals surface area contributed by atoms with Crippen LogP contribution in [0.25, 0.3) is 11.3 Å². The molecule has 0 saturated carbocycles. The predicted molar refractivity (Wildman–Crippen MR) is 103 cm³/mol. The number of H-pyrrole nitrogens is 1. The first-order valence-corrected chi connectivity index (χ1v) is 9.05. The van der Waals surface area contributed by atoms with E-state index in [1.807, 2.05) is 30.3 Å². The topological polar surface area (TPSA) is 86.3 Å². The highest BCUT2D eigenvalue weighted by Crippen LogP contribution is 2.40. The molecule has 1 aromatic heterocycles. The van der Waals surface area contributed by atoms with Gasteiger partial charge >= 0.3 is 5.97 Å². The molecule has 0 radical (unpaired) electrons. The fraction of sp³-hybridized carbons (Fsp3) is 0.211. The lowest BCUT2D eigenvalue weighted by Gasteiger charge is -2.14. The lowest BCUT2D eigenvalue weighted by molar-refractivity contribution is 0.0520. The van der Waals surface area contributed by atoms with Crippen molar-refractivity contribution in [1.82, 2.24) is 15.4 Å². The Labute approximate surface area is 164 Å². The fourth-order valence-corrected chi connectivity index (χ4v) is 3.06. The number of benzene rings is 2. The van der Waals surface area contributed by atoms with Crippen molar-refractivity contribution in [3.8, 4) is 22.8 Å². The first kappa shape index (κ1) is 18.9. The minimum atomic E-state index is -0.541. The summed E-state index contributed by atoms with van der Waals surface area (Å²) in [6, 6.07) is 13.4. The Kier molecular flexibility index (Phi) is 6.08. The number of aromatic nitrogens is 3. The molecule has 7 nitrogen and oxygen atoms in total. The molecule has 1 heterocycles.